The highest BCUT2D eigenvalue weighted by atomic mass is 16.5. The maximum Gasteiger partial charge on any atom is 0.338 e. The van der Waals surface area contributed by atoms with Gasteiger partial charge in [0.1, 0.15) is 0 Å². The van der Waals surface area contributed by atoms with Gasteiger partial charge in [0, 0.05) is 5.69 Å². The third-order valence-electron chi connectivity index (χ3n) is 4.08. The molecule has 0 aliphatic carbocycles. The van der Waals surface area contributed by atoms with Gasteiger partial charge in [0.05, 0.1) is 17.2 Å². The van der Waals surface area contributed by atoms with Crippen LogP contribution in [-0.4, -0.2) is 18.5 Å². The standard InChI is InChI=1S/C23H18N2O3/c24-15-18-9-6-11-20(14-18)25-22(26)16-28-23(27)21-12-5-4-10-19(21)13-17-7-2-1-3-8-17/h1-12,14H,13,16H2,(H,25,26). The maximum absolute atomic E-state index is 12.5. The fraction of sp³-hybridized carbons (Fsp3) is 0.0870. The third-order valence-corrected chi connectivity index (χ3v) is 4.08. The van der Waals surface area contributed by atoms with Gasteiger partial charge in [0.2, 0.25) is 0 Å². The minimum Gasteiger partial charge on any atom is -0.452 e. The zero-order valence-corrected chi connectivity index (χ0v) is 15.1. The topological polar surface area (TPSA) is 79.2 Å². The highest BCUT2D eigenvalue weighted by Crippen LogP contribution is 2.16. The van der Waals surface area contributed by atoms with E-state index in [4.69, 9.17) is 10.00 Å². The smallest absolute Gasteiger partial charge is 0.338 e. The molecule has 3 aromatic rings. The number of nitrogens with zero attached hydrogens (tertiary/aromatic N) is 1. The Hall–Kier alpha value is -3.91. The summed E-state index contributed by atoms with van der Waals surface area (Å²) in [5.41, 5.74) is 3.26. The van der Waals surface area contributed by atoms with Gasteiger partial charge in [-0.05, 0) is 41.8 Å². The minimum atomic E-state index is -0.549. The van der Waals surface area contributed by atoms with Crippen molar-refractivity contribution in [1.82, 2.24) is 0 Å². The van der Waals surface area contributed by atoms with E-state index in [-0.39, 0.29) is 0 Å². The van der Waals surface area contributed by atoms with Crippen molar-refractivity contribution in [3.63, 3.8) is 0 Å². The Morgan fingerprint density at radius 2 is 1.68 bits per heavy atom. The number of amides is 1. The van der Waals surface area contributed by atoms with Crippen LogP contribution in [-0.2, 0) is 16.0 Å². The number of carbonyl (C=O) groups excluding carboxylic acids is 2. The summed E-state index contributed by atoms with van der Waals surface area (Å²) in [5.74, 6) is -1.02. The molecule has 28 heavy (non-hydrogen) atoms. The summed E-state index contributed by atoms with van der Waals surface area (Å²) in [7, 11) is 0. The Kier molecular flexibility index (Phi) is 6.17. The average molecular weight is 370 g/mol. The molecule has 3 aromatic carbocycles. The number of rotatable bonds is 6. The van der Waals surface area contributed by atoms with Crippen molar-refractivity contribution in [1.29, 1.82) is 5.26 Å². The number of hydrogen-bond donors (Lipinski definition) is 1. The lowest BCUT2D eigenvalue weighted by Crippen LogP contribution is -2.21. The molecule has 138 valence electrons. The zero-order chi connectivity index (χ0) is 19.8. The van der Waals surface area contributed by atoms with E-state index in [2.05, 4.69) is 5.32 Å². The highest BCUT2D eigenvalue weighted by molar-refractivity contribution is 5.96. The Balaban J connectivity index is 1.62. The van der Waals surface area contributed by atoms with Crippen molar-refractivity contribution >= 4 is 17.6 Å². The van der Waals surface area contributed by atoms with Gasteiger partial charge in [0.25, 0.3) is 5.91 Å². The molecular weight excluding hydrogens is 352 g/mol. The third kappa shape index (κ3) is 5.05. The quantitative estimate of drug-likeness (QED) is 0.667. The summed E-state index contributed by atoms with van der Waals surface area (Å²) in [6.07, 6.45) is 0.596. The van der Waals surface area contributed by atoms with Crippen LogP contribution >= 0.6 is 0 Å². The minimum absolute atomic E-state index is 0.407. The Labute approximate surface area is 163 Å². The second-order valence-corrected chi connectivity index (χ2v) is 6.14. The lowest BCUT2D eigenvalue weighted by molar-refractivity contribution is -0.119. The SMILES string of the molecule is N#Cc1cccc(NC(=O)COC(=O)c2ccccc2Cc2ccccc2)c1. The molecule has 1 amide bonds. The van der Waals surface area contributed by atoms with Gasteiger partial charge in [0.15, 0.2) is 6.61 Å². The molecular formula is C23H18N2O3. The number of benzene rings is 3. The van der Waals surface area contributed by atoms with E-state index in [1.807, 2.05) is 48.5 Å². The van der Waals surface area contributed by atoms with Crippen LogP contribution in [0.1, 0.15) is 27.0 Å². The second-order valence-electron chi connectivity index (χ2n) is 6.14. The fourth-order valence-corrected chi connectivity index (χ4v) is 2.76. The number of carbonyl (C=O) groups is 2. The molecule has 0 aromatic heterocycles. The van der Waals surface area contributed by atoms with E-state index >= 15 is 0 Å². The summed E-state index contributed by atoms with van der Waals surface area (Å²) >= 11 is 0. The summed E-state index contributed by atoms with van der Waals surface area (Å²) in [6, 6.07) is 25.5. The maximum atomic E-state index is 12.5. The Morgan fingerprint density at radius 1 is 0.929 bits per heavy atom. The monoisotopic (exact) mass is 370 g/mol. The number of nitriles is 1. The highest BCUT2D eigenvalue weighted by Gasteiger charge is 2.14. The Bertz CT molecular complexity index is 1020. The molecule has 5 nitrogen and oxygen atoms in total. The molecule has 0 aliphatic heterocycles. The van der Waals surface area contributed by atoms with Crippen LogP contribution in [0.5, 0.6) is 0 Å². The molecule has 0 spiro atoms. The lowest BCUT2D eigenvalue weighted by atomic mass is 10.00. The number of esters is 1. The first-order valence-corrected chi connectivity index (χ1v) is 8.74. The van der Waals surface area contributed by atoms with Crippen LogP contribution in [0.3, 0.4) is 0 Å². The van der Waals surface area contributed by atoms with E-state index in [1.165, 1.54) is 0 Å². The molecule has 3 rings (SSSR count). The summed E-state index contributed by atoms with van der Waals surface area (Å²) < 4.78 is 5.18. The molecule has 0 aliphatic rings. The number of anilines is 1. The van der Waals surface area contributed by atoms with Crippen molar-refractivity contribution < 1.29 is 14.3 Å². The van der Waals surface area contributed by atoms with E-state index < -0.39 is 18.5 Å². The molecule has 0 saturated heterocycles. The van der Waals surface area contributed by atoms with Gasteiger partial charge < -0.3 is 10.1 Å². The van der Waals surface area contributed by atoms with Crippen LogP contribution in [0.15, 0.2) is 78.9 Å². The normalized spacial score (nSPS) is 9.96. The van der Waals surface area contributed by atoms with Crippen LogP contribution in [0.2, 0.25) is 0 Å². The van der Waals surface area contributed by atoms with E-state index in [0.717, 1.165) is 11.1 Å². The number of ether oxygens (including phenoxy) is 1. The summed E-state index contributed by atoms with van der Waals surface area (Å²) in [6.45, 7) is -0.407. The molecule has 0 unspecified atom stereocenters. The first-order valence-electron chi connectivity index (χ1n) is 8.74. The van der Waals surface area contributed by atoms with E-state index in [9.17, 15) is 9.59 Å². The molecule has 1 N–H and O–H groups in total. The predicted molar refractivity (Wildman–Crippen MR) is 106 cm³/mol. The van der Waals surface area contributed by atoms with Gasteiger partial charge >= 0.3 is 5.97 Å². The molecule has 0 saturated carbocycles. The molecule has 5 heteroatoms. The van der Waals surface area contributed by atoms with Gasteiger partial charge in [-0.3, -0.25) is 4.79 Å². The van der Waals surface area contributed by atoms with Crippen molar-refractivity contribution in [2.75, 3.05) is 11.9 Å². The first kappa shape index (κ1) is 18.9. The van der Waals surface area contributed by atoms with Crippen LogP contribution in [0, 0.1) is 11.3 Å². The van der Waals surface area contributed by atoms with Crippen molar-refractivity contribution in [3.05, 3.63) is 101 Å². The molecule has 0 bridgehead atoms. The molecule has 0 radical (unpaired) electrons. The Morgan fingerprint density at radius 3 is 2.46 bits per heavy atom. The van der Waals surface area contributed by atoms with Crippen molar-refractivity contribution in [3.8, 4) is 6.07 Å². The zero-order valence-electron chi connectivity index (χ0n) is 15.1. The van der Waals surface area contributed by atoms with Crippen LogP contribution in [0.4, 0.5) is 5.69 Å². The van der Waals surface area contributed by atoms with Crippen molar-refractivity contribution in [2.24, 2.45) is 0 Å². The van der Waals surface area contributed by atoms with Crippen LogP contribution in [0.25, 0.3) is 0 Å². The van der Waals surface area contributed by atoms with Crippen LogP contribution < -0.4 is 5.32 Å². The largest absolute Gasteiger partial charge is 0.452 e. The summed E-state index contributed by atoms with van der Waals surface area (Å²) in [5, 5.41) is 11.5. The van der Waals surface area contributed by atoms with Crippen molar-refractivity contribution in [2.45, 2.75) is 6.42 Å². The van der Waals surface area contributed by atoms with Gasteiger partial charge in [-0.25, -0.2) is 4.79 Å². The van der Waals surface area contributed by atoms with Gasteiger partial charge in [-0.2, -0.15) is 5.26 Å². The molecule has 0 heterocycles. The first-order chi connectivity index (χ1) is 13.7. The number of nitrogens with one attached hydrogen (secondary N) is 1. The van der Waals surface area contributed by atoms with Gasteiger partial charge in [-0.1, -0.05) is 54.6 Å². The second kappa shape index (κ2) is 9.15. The predicted octanol–water partition coefficient (Wildman–Crippen LogP) is 3.94. The van der Waals surface area contributed by atoms with Gasteiger partial charge in [-0.15, -0.1) is 0 Å². The molecule has 0 fully saturated rings. The fourth-order valence-electron chi connectivity index (χ4n) is 2.76. The molecule has 0 atom stereocenters. The van der Waals surface area contributed by atoms with E-state index in [1.54, 1.807) is 36.4 Å². The summed E-state index contributed by atoms with van der Waals surface area (Å²) in [4.78, 5) is 24.5. The lowest BCUT2D eigenvalue weighted by Gasteiger charge is -2.10. The number of hydrogen-bond acceptors (Lipinski definition) is 4. The average Bonchev–Trinajstić information content (AvgIpc) is 2.73. The van der Waals surface area contributed by atoms with E-state index in [0.29, 0.717) is 23.2 Å².